The molecule has 0 aromatic rings. The van der Waals surface area contributed by atoms with Crippen molar-refractivity contribution < 1.29 is 59.5 Å². The number of fused-ring (bicyclic) bond motifs is 8. The van der Waals surface area contributed by atoms with E-state index in [4.69, 9.17) is 18.9 Å². The molecule has 46 heavy (non-hydrogen) atoms. The summed E-state index contributed by atoms with van der Waals surface area (Å²) in [5, 5.41) is 76.5. The highest BCUT2D eigenvalue weighted by molar-refractivity contribution is 5.89. The molecular formula is C34H52O12. The first kappa shape index (κ1) is 33.3. The van der Waals surface area contributed by atoms with E-state index < -0.39 is 72.7 Å². The Morgan fingerprint density at radius 1 is 1.00 bits per heavy atom. The number of cyclic esters (lactones) is 1. The maximum absolute atomic E-state index is 12.6. The summed E-state index contributed by atoms with van der Waals surface area (Å²) >= 11 is 0. The average Bonchev–Trinajstić information content (AvgIpc) is 3.76. The predicted octanol–water partition coefficient (Wildman–Crippen LogP) is 0.162. The lowest BCUT2D eigenvalue weighted by atomic mass is 9.42. The molecule has 4 aliphatic carbocycles. The number of carbonyl (C=O) groups is 1. The van der Waals surface area contributed by atoms with E-state index in [1.165, 1.54) is 0 Å². The van der Waals surface area contributed by atoms with Gasteiger partial charge in [0.15, 0.2) is 6.29 Å². The van der Waals surface area contributed by atoms with Crippen LogP contribution in [-0.4, -0.2) is 121 Å². The fraction of sp³-hybridized carbons (Fsp3) is 0.912. The average molecular weight is 653 g/mol. The zero-order chi connectivity index (χ0) is 33.2. The summed E-state index contributed by atoms with van der Waals surface area (Å²) in [6, 6.07) is 0. The van der Waals surface area contributed by atoms with Gasteiger partial charge in [-0.15, -0.1) is 0 Å². The van der Waals surface area contributed by atoms with E-state index >= 15 is 0 Å². The number of aliphatic hydroxyl groups is 7. The molecule has 0 spiro atoms. The summed E-state index contributed by atoms with van der Waals surface area (Å²) in [6.45, 7) is 9.48. The molecule has 7 rings (SSSR count). The monoisotopic (exact) mass is 652 g/mol. The molecule has 0 unspecified atom stereocenters. The van der Waals surface area contributed by atoms with E-state index in [-0.39, 0.29) is 66.0 Å². The van der Waals surface area contributed by atoms with Crippen LogP contribution in [-0.2, 0) is 23.7 Å². The van der Waals surface area contributed by atoms with Gasteiger partial charge in [0.2, 0.25) is 0 Å². The Kier molecular flexibility index (Phi) is 8.08. The molecule has 0 amide bonds. The number of epoxide rings is 1. The van der Waals surface area contributed by atoms with Crippen molar-refractivity contribution in [3.63, 3.8) is 0 Å². The zero-order valence-electron chi connectivity index (χ0n) is 27.4. The van der Waals surface area contributed by atoms with Crippen LogP contribution in [0.3, 0.4) is 0 Å². The van der Waals surface area contributed by atoms with Gasteiger partial charge in [0, 0.05) is 30.3 Å². The van der Waals surface area contributed by atoms with E-state index in [1.807, 2.05) is 13.8 Å². The van der Waals surface area contributed by atoms with Gasteiger partial charge in [0.1, 0.15) is 42.2 Å². The standard InChI is InChI=1S/C34H52O12/c1-13-8-20(44-30(41)14(13)2)15(3)24-19(36)10-18-23-17(6-7-32(18,24)4)33(5)22(37)9-16(11-34(33,42)29-28(23)46-29)43-31-27(40)26(39)25(38)21(12-35)45-31/h15-29,31,35-40,42H,6-12H2,1-5H3/t15-,16+,17-,18+,19-,20-,21+,22-,23+,24-,25-,26-,27-,28-,29-,31+,32+,33+,34+/m1/s1. The Balaban J connectivity index is 1.11. The van der Waals surface area contributed by atoms with Crippen LogP contribution >= 0.6 is 0 Å². The summed E-state index contributed by atoms with van der Waals surface area (Å²) < 4.78 is 23.8. The normalized spacial score (nSPS) is 57.1. The van der Waals surface area contributed by atoms with Gasteiger partial charge >= 0.3 is 5.97 Å². The van der Waals surface area contributed by atoms with Gasteiger partial charge < -0.3 is 54.7 Å². The molecule has 260 valence electrons. The second-order valence-corrected chi connectivity index (χ2v) is 16.2. The maximum Gasteiger partial charge on any atom is 0.333 e. The minimum absolute atomic E-state index is 0.0243. The van der Waals surface area contributed by atoms with Gasteiger partial charge in [-0.1, -0.05) is 26.3 Å². The predicted molar refractivity (Wildman–Crippen MR) is 160 cm³/mol. The van der Waals surface area contributed by atoms with Crippen LogP contribution in [0, 0.1) is 40.4 Å². The number of hydrogen-bond donors (Lipinski definition) is 7. The summed E-state index contributed by atoms with van der Waals surface area (Å²) in [6.07, 6.45) is -7.55. The SMILES string of the molecule is CC1=C(C)C(=O)O[C@@H]([C@@H](C)[C@@H]2[C@H](O)C[C@H]3[C@H]4[C@H]5O[C@H]5[C@@]5(O)C[C@@H](O[C@H]6O[C@@H](CO)[C@@H](O)[C@@H](O)[C@H]6O)C[C@@H](O)[C@]5(C)[C@@H]4CC[C@]23C)C1. The molecule has 6 fully saturated rings. The molecule has 19 atom stereocenters. The van der Waals surface area contributed by atoms with E-state index in [2.05, 4.69) is 13.8 Å². The van der Waals surface area contributed by atoms with Gasteiger partial charge in [-0.05, 0) is 68.1 Å². The maximum atomic E-state index is 12.6. The fourth-order valence-corrected chi connectivity index (χ4v) is 11.5. The third kappa shape index (κ3) is 4.51. The molecule has 0 aromatic heterocycles. The molecule has 7 aliphatic rings. The summed E-state index contributed by atoms with van der Waals surface area (Å²) in [5.41, 5.74) is -0.927. The second kappa shape index (κ2) is 11.2. The van der Waals surface area contributed by atoms with Crippen LogP contribution in [0.4, 0.5) is 0 Å². The Bertz CT molecular complexity index is 1260. The smallest absolute Gasteiger partial charge is 0.333 e. The van der Waals surface area contributed by atoms with Gasteiger partial charge in [0.05, 0.1) is 31.0 Å². The van der Waals surface area contributed by atoms with E-state index in [9.17, 15) is 40.5 Å². The molecular weight excluding hydrogens is 600 g/mol. The number of hydrogen-bond acceptors (Lipinski definition) is 12. The fourth-order valence-electron chi connectivity index (χ4n) is 11.5. The second-order valence-electron chi connectivity index (χ2n) is 16.2. The molecule has 2 saturated heterocycles. The van der Waals surface area contributed by atoms with Crippen molar-refractivity contribution in [1.29, 1.82) is 0 Å². The number of rotatable bonds is 5. The van der Waals surface area contributed by atoms with Gasteiger partial charge in [-0.25, -0.2) is 4.79 Å². The van der Waals surface area contributed by atoms with Crippen molar-refractivity contribution in [1.82, 2.24) is 0 Å². The van der Waals surface area contributed by atoms with Crippen molar-refractivity contribution in [3.05, 3.63) is 11.1 Å². The Labute approximate surface area is 269 Å². The zero-order valence-corrected chi connectivity index (χ0v) is 27.4. The van der Waals surface area contributed by atoms with Crippen LogP contribution < -0.4 is 0 Å². The van der Waals surface area contributed by atoms with Gasteiger partial charge in [-0.3, -0.25) is 0 Å². The Morgan fingerprint density at radius 3 is 2.39 bits per heavy atom. The van der Waals surface area contributed by atoms with Crippen LogP contribution in [0.25, 0.3) is 0 Å². The third-order valence-electron chi connectivity index (χ3n) is 14.3. The summed E-state index contributed by atoms with van der Waals surface area (Å²) in [5.74, 6) is -0.382. The Morgan fingerprint density at radius 2 is 1.72 bits per heavy atom. The number of ether oxygens (including phenoxy) is 4. The number of esters is 1. The van der Waals surface area contributed by atoms with Crippen molar-refractivity contribution in [3.8, 4) is 0 Å². The lowest BCUT2D eigenvalue weighted by molar-refractivity contribution is -0.329. The molecule has 12 heteroatoms. The molecule has 3 heterocycles. The van der Waals surface area contributed by atoms with Crippen LogP contribution in [0.15, 0.2) is 11.1 Å². The number of carbonyl (C=O) groups excluding carboxylic acids is 1. The van der Waals surface area contributed by atoms with E-state index in [0.29, 0.717) is 18.4 Å². The first-order chi connectivity index (χ1) is 21.6. The Hall–Kier alpha value is -1.19. The van der Waals surface area contributed by atoms with Crippen molar-refractivity contribution in [2.75, 3.05) is 6.61 Å². The molecule has 3 aliphatic heterocycles. The molecule has 12 nitrogen and oxygen atoms in total. The van der Waals surface area contributed by atoms with Crippen molar-refractivity contribution in [2.45, 2.75) is 146 Å². The highest BCUT2D eigenvalue weighted by Crippen LogP contribution is 2.73. The quantitative estimate of drug-likeness (QED) is 0.121. The largest absolute Gasteiger partial charge is 0.458 e. The summed E-state index contributed by atoms with van der Waals surface area (Å²) in [7, 11) is 0. The van der Waals surface area contributed by atoms with Crippen LogP contribution in [0.5, 0.6) is 0 Å². The third-order valence-corrected chi connectivity index (χ3v) is 14.3. The molecule has 4 saturated carbocycles. The van der Waals surface area contributed by atoms with Crippen LogP contribution in [0.2, 0.25) is 0 Å². The first-order valence-corrected chi connectivity index (χ1v) is 17.2. The first-order valence-electron chi connectivity index (χ1n) is 17.2. The van der Waals surface area contributed by atoms with Crippen molar-refractivity contribution in [2.24, 2.45) is 40.4 Å². The highest BCUT2D eigenvalue weighted by Gasteiger charge is 2.79. The number of aliphatic hydroxyl groups excluding tert-OH is 6. The van der Waals surface area contributed by atoms with Crippen LogP contribution in [0.1, 0.15) is 73.1 Å². The molecule has 0 aromatic carbocycles. The lowest BCUT2D eigenvalue weighted by Gasteiger charge is -2.64. The highest BCUT2D eigenvalue weighted by atomic mass is 16.7. The van der Waals surface area contributed by atoms with Gasteiger partial charge in [0.25, 0.3) is 0 Å². The lowest BCUT2D eigenvalue weighted by Crippen LogP contribution is -2.71. The van der Waals surface area contributed by atoms with Crippen molar-refractivity contribution >= 4 is 5.97 Å². The molecule has 0 radical (unpaired) electrons. The minimum atomic E-state index is -1.59. The topological polar surface area (TPSA) is 199 Å². The van der Waals surface area contributed by atoms with Gasteiger partial charge in [-0.2, -0.15) is 0 Å². The molecule has 0 bridgehead atoms. The van der Waals surface area contributed by atoms with E-state index in [1.54, 1.807) is 6.92 Å². The minimum Gasteiger partial charge on any atom is -0.458 e. The summed E-state index contributed by atoms with van der Waals surface area (Å²) in [4.78, 5) is 12.6. The molecule has 7 N–H and O–H groups in total. The van der Waals surface area contributed by atoms with E-state index in [0.717, 1.165) is 18.4 Å².